The molecule has 1 fully saturated rings. The molecule has 1 heterocycles. The van der Waals surface area contributed by atoms with E-state index in [9.17, 15) is 19.5 Å². The van der Waals surface area contributed by atoms with E-state index >= 15 is 0 Å². The lowest BCUT2D eigenvalue weighted by Gasteiger charge is -2.33. The summed E-state index contributed by atoms with van der Waals surface area (Å²) in [5.41, 5.74) is 0.881. The number of benzene rings is 3. The second-order valence-electron chi connectivity index (χ2n) is 6.72. The average molecular weight is 414 g/mol. The van der Waals surface area contributed by atoms with Crippen molar-refractivity contribution in [2.24, 2.45) is 0 Å². The van der Waals surface area contributed by atoms with Crippen molar-refractivity contribution < 1.29 is 24.2 Å². The number of hydrogen-bond donors (Lipinski definition) is 1. The van der Waals surface area contributed by atoms with Crippen LogP contribution in [-0.2, 0) is 9.59 Å². The average Bonchev–Trinajstić information content (AvgIpc) is 2.78. The molecule has 3 aromatic carbocycles. The Morgan fingerprint density at radius 2 is 1.29 bits per heavy atom. The molecule has 4 amide bonds. The van der Waals surface area contributed by atoms with Crippen molar-refractivity contribution in [2.45, 2.75) is 0 Å². The molecule has 4 rings (SSSR count). The zero-order valence-electron chi connectivity index (χ0n) is 16.6. The van der Waals surface area contributed by atoms with Crippen molar-refractivity contribution in [1.29, 1.82) is 0 Å². The number of hydrogen-bond acceptors (Lipinski definition) is 5. The van der Waals surface area contributed by atoms with Crippen LogP contribution < -0.4 is 14.5 Å². The summed E-state index contributed by atoms with van der Waals surface area (Å²) in [4.78, 5) is 41.6. The van der Waals surface area contributed by atoms with Crippen molar-refractivity contribution >= 4 is 35.3 Å². The van der Waals surface area contributed by atoms with Crippen LogP contribution in [0.5, 0.6) is 11.5 Å². The van der Waals surface area contributed by atoms with Gasteiger partial charge in [-0.3, -0.25) is 9.59 Å². The van der Waals surface area contributed by atoms with Crippen LogP contribution in [0, 0.1) is 0 Å². The Bertz CT molecular complexity index is 1130. The van der Waals surface area contributed by atoms with Gasteiger partial charge in [0.15, 0.2) is 11.5 Å². The number of anilines is 2. The van der Waals surface area contributed by atoms with Gasteiger partial charge in [0.25, 0.3) is 11.8 Å². The lowest BCUT2D eigenvalue weighted by Crippen LogP contribution is -2.57. The molecule has 0 aromatic heterocycles. The zero-order chi connectivity index (χ0) is 22.0. The number of barbiturate groups is 1. The molecule has 0 atom stereocenters. The second kappa shape index (κ2) is 8.16. The minimum atomic E-state index is -0.762. The molecular weight excluding hydrogens is 396 g/mol. The number of methoxy groups -OCH3 is 1. The minimum Gasteiger partial charge on any atom is -0.504 e. The van der Waals surface area contributed by atoms with Crippen LogP contribution in [0.1, 0.15) is 5.56 Å². The number of carbonyl (C=O) groups excluding carboxylic acids is 3. The second-order valence-corrected chi connectivity index (χ2v) is 6.72. The maximum absolute atomic E-state index is 13.2. The summed E-state index contributed by atoms with van der Waals surface area (Å²) < 4.78 is 5.03. The van der Waals surface area contributed by atoms with E-state index < -0.39 is 17.8 Å². The Morgan fingerprint density at radius 3 is 1.74 bits per heavy atom. The summed E-state index contributed by atoms with van der Waals surface area (Å²) in [5, 5.41) is 10.1. The van der Waals surface area contributed by atoms with E-state index in [1.54, 1.807) is 66.7 Å². The molecule has 1 aliphatic heterocycles. The van der Waals surface area contributed by atoms with E-state index in [0.717, 1.165) is 9.80 Å². The third-order valence-electron chi connectivity index (χ3n) is 4.79. The fraction of sp³-hybridized carbons (Fsp3) is 0.0417. The maximum atomic E-state index is 13.2. The maximum Gasteiger partial charge on any atom is 0.343 e. The van der Waals surface area contributed by atoms with Gasteiger partial charge in [0.1, 0.15) is 5.57 Å². The number of phenols is 1. The van der Waals surface area contributed by atoms with Gasteiger partial charge in [0, 0.05) is 0 Å². The molecule has 0 aliphatic carbocycles. The Kier molecular flexibility index (Phi) is 5.24. The van der Waals surface area contributed by atoms with Crippen LogP contribution >= 0.6 is 0 Å². The lowest BCUT2D eigenvalue weighted by atomic mass is 10.0. The highest BCUT2D eigenvalue weighted by Crippen LogP contribution is 2.31. The van der Waals surface area contributed by atoms with Crippen LogP contribution in [-0.4, -0.2) is 30.1 Å². The van der Waals surface area contributed by atoms with Gasteiger partial charge in [-0.1, -0.05) is 42.5 Å². The smallest absolute Gasteiger partial charge is 0.343 e. The number of phenolic OH excluding ortho intramolecular Hbond substituents is 1. The Labute approximate surface area is 178 Å². The number of imide groups is 2. The number of rotatable bonds is 4. The molecule has 0 bridgehead atoms. The highest BCUT2D eigenvalue weighted by molar-refractivity contribution is 6.46. The van der Waals surface area contributed by atoms with Gasteiger partial charge < -0.3 is 9.84 Å². The molecule has 0 radical (unpaired) electrons. The van der Waals surface area contributed by atoms with Gasteiger partial charge >= 0.3 is 6.03 Å². The largest absolute Gasteiger partial charge is 0.504 e. The summed E-state index contributed by atoms with van der Waals surface area (Å²) in [6.07, 6.45) is 1.35. The molecule has 1 aliphatic rings. The van der Waals surface area contributed by atoms with Gasteiger partial charge in [-0.2, -0.15) is 0 Å². The minimum absolute atomic E-state index is 0.136. The van der Waals surface area contributed by atoms with Crippen molar-refractivity contribution in [3.8, 4) is 11.5 Å². The first-order chi connectivity index (χ1) is 15.0. The first kappa shape index (κ1) is 19.9. The van der Waals surface area contributed by atoms with Crippen LogP contribution in [0.2, 0.25) is 0 Å². The van der Waals surface area contributed by atoms with Gasteiger partial charge in [-0.05, 0) is 48.0 Å². The number of carbonyl (C=O) groups is 3. The molecule has 1 N–H and O–H groups in total. The van der Waals surface area contributed by atoms with E-state index in [0.29, 0.717) is 16.9 Å². The summed E-state index contributed by atoms with van der Waals surface area (Å²) in [6.45, 7) is 0. The normalized spacial score (nSPS) is 14.1. The Morgan fingerprint density at radius 1 is 0.774 bits per heavy atom. The molecule has 0 saturated carbocycles. The molecular formula is C24H18N2O5. The van der Waals surface area contributed by atoms with E-state index in [4.69, 9.17) is 4.74 Å². The summed E-state index contributed by atoms with van der Waals surface area (Å²) in [5.74, 6) is -1.37. The molecule has 0 unspecified atom stereocenters. The van der Waals surface area contributed by atoms with Crippen molar-refractivity contribution in [2.75, 3.05) is 16.9 Å². The highest BCUT2D eigenvalue weighted by Gasteiger charge is 2.43. The van der Waals surface area contributed by atoms with Gasteiger partial charge in [-0.25, -0.2) is 14.6 Å². The molecule has 7 heteroatoms. The topological polar surface area (TPSA) is 87.2 Å². The van der Waals surface area contributed by atoms with Gasteiger partial charge in [-0.15, -0.1) is 0 Å². The summed E-state index contributed by atoms with van der Waals surface area (Å²) in [6, 6.07) is 20.5. The van der Waals surface area contributed by atoms with Crippen molar-refractivity contribution in [1.82, 2.24) is 0 Å². The first-order valence-electron chi connectivity index (χ1n) is 9.43. The Hall–Kier alpha value is -4.39. The predicted molar refractivity (Wildman–Crippen MR) is 116 cm³/mol. The number of aromatic hydroxyl groups is 1. The number of urea groups is 1. The van der Waals surface area contributed by atoms with Gasteiger partial charge in [0.2, 0.25) is 0 Å². The fourth-order valence-corrected chi connectivity index (χ4v) is 3.30. The van der Waals surface area contributed by atoms with Crippen molar-refractivity contribution in [3.05, 3.63) is 90.0 Å². The van der Waals surface area contributed by atoms with Crippen molar-refractivity contribution in [3.63, 3.8) is 0 Å². The third-order valence-corrected chi connectivity index (χ3v) is 4.79. The fourth-order valence-electron chi connectivity index (χ4n) is 3.30. The lowest BCUT2D eigenvalue weighted by molar-refractivity contribution is -0.121. The summed E-state index contributed by atoms with van der Waals surface area (Å²) >= 11 is 0. The molecule has 1 saturated heterocycles. The van der Waals surface area contributed by atoms with Crippen LogP contribution in [0.15, 0.2) is 84.4 Å². The quantitative estimate of drug-likeness (QED) is 0.515. The molecule has 0 spiro atoms. The van der Waals surface area contributed by atoms with Gasteiger partial charge in [0.05, 0.1) is 18.5 Å². The number of para-hydroxylation sites is 2. The van der Waals surface area contributed by atoms with E-state index in [-0.39, 0.29) is 17.1 Å². The monoisotopic (exact) mass is 414 g/mol. The summed E-state index contributed by atoms with van der Waals surface area (Å²) in [7, 11) is 1.42. The predicted octanol–water partition coefficient (Wildman–Crippen LogP) is 3.98. The molecule has 31 heavy (non-hydrogen) atoms. The van der Waals surface area contributed by atoms with Crippen LogP contribution in [0.3, 0.4) is 0 Å². The van der Waals surface area contributed by atoms with Crippen LogP contribution in [0.4, 0.5) is 16.2 Å². The first-order valence-corrected chi connectivity index (χ1v) is 9.43. The highest BCUT2D eigenvalue weighted by atomic mass is 16.5. The zero-order valence-corrected chi connectivity index (χ0v) is 16.6. The Balaban J connectivity index is 1.85. The van der Waals surface area contributed by atoms with E-state index in [2.05, 4.69) is 0 Å². The number of nitrogens with zero attached hydrogens (tertiary/aromatic N) is 2. The molecule has 7 nitrogen and oxygen atoms in total. The SMILES string of the molecule is COc1ccc(C=C2C(=O)N(c3ccccc3)C(=O)N(c3ccccc3)C2=O)cc1O. The standard InChI is InChI=1S/C24H18N2O5/c1-31-21-13-12-16(15-20(21)27)14-19-22(28)25(17-8-4-2-5-9-17)24(30)26(23(19)29)18-10-6-3-7-11-18/h2-15,27H,1H3. The van der Waals surface area contributed by atoms with E-state index in [1.165, 1.54) is 25.3 Å². The number of amides is 4. The molecule has 3 aromatic rings. The molecule has 154 valence electrons. The van der Waals surface area contributed by atoms with Crippen LogP contribution in [0.25, 0.3) is 6.08 Å². The van der Waals surface area contributed by atoms with E-state index in [1.807, 2.05) is 0 Å². The third kappa shape index (κ3) is 3.64. The number of ether oxygens (including phenoxy) is 1.